The first-order chi connectivity index (χ1) is 15.0. The summed E-state index contributed by atoms with van der Waals surface area (Å²) in [6.07, 6.45) is -0.975. The highest BCUT2D eigenvalue weighted by Gasteiger charge is 2.30. The molecule has 2 fully saturated rings. The van der Waals surface area contributed by atoms with Gasteiger partial charge in [0.25, 0.3) is 0 Å². The number of halogens is 5. The first-order valence-corrected chi connectivity index (χ1v) is 11.3. The average molecular weight is 505 g/mol. The minimum Gasteiger partial charge on any atom is -0.379 e. The zero-order valence-electron chi connectivity index (χ0n) is 18.7. The van der Waals surface area contributed by atoms with E-state index in [2.05, 4.69) is 15.9 Å². The van der Waals surface area contributed by atoms with Crippen molar-refractivity contribution in [1.82, 2.24) is 9.80 Å². The van der Waals surface area contributed by atoms with E-state index < -0.39 is 11.7 Å². The molecular formula is C25H33Cl2F3N2O. The van der Waals surface area contributed by atoms with E-state index in [0.29, 0.717) is 5.92 Å². The highest BCUT2D eigenvalue weighted by atomic mass is 35.5. The summed E-state index contributed by atoms with van der Waals surface area (Å²) in [7, 11) is 0. The van der Waals surface area contributed by atoms with E-state index in [1.54, 1.807) is 12.1 Å². The Hall–Kier alpha value is -1.31. The average Bonchev–Trinajstić information content (AvgIpc) is 2.79. The molecule has 0 saturated carbocycles. The van der Waals surface area contributed by atoms with Gasteiger partial charge in [0.2, 0.25) is 0 Å². The monoisotopic (exact) mass is 504 g/mol. The third kappa shape index (κ3) is 7.86. The van der Waals surface area contributed by atoms with Crippen molar-refractivity contribution in [3.8, 4) is 11.1 Å². The Bertz CT molecular complexity index is 834. The van der Waals surface area contributed by atoms with Gasteiger partial charge in [0.15, 0.2) is 0 Å². The Kier molecular flexibility index (Phi) is 11.0. The van der Waals surface area contributed by atoms with Crippen LogP contribution in [0.25, 0.3) is 11.1 Å². The van der Waals surface area contributed by atoms with Crippen LogP contribution >= 0.6 is 24.8 Å². The number of ether oxygens (including phenoxy) is 1. The van der Waals surface area contributed by atoms with Crippen LogP contribution in [0.4, 0.5) is 13.2 Å². The van der Waals surface area contributed by atoms with Gasteiger partial charge in [-0.3, -0.25) is 4.90 Å². The molecule has 0 aliphatic carbocycles. The summed E-state index contributed by atoms with van der Waals surface area (Å²) in [5.41, 5.74) is 2.53. The third-order valence-electron chi connectivity index (χ3n) is 6.59. The van der Waals surface area contributed by atoms with Crippen LogP contribution in [0.15, 0.2) is 48.5 Å². The van der Waals surface area contributed by atoms with Crippen molar-refractivity contribution in [3.05, 3.63) is 59.7 Å². The smallest absolute Gasteiger partial charge is 0.379 e. The Morgan fingerprint density at radius 1 is 0.788 bits per heavy atom. The molecule has 0 spiro atoms. The van der Waals surface area contributed by atoms with Gasteiger partial charge in [-0.05, 0) is 67.1 Å². The summed E-state index contributed by atoms with van der Waals surface area (Å²) in [5.74, 6) is 0.621. The number of morpholine rings is 1. The van der Waals surface area contributed by atoms with E-state index >= 15 is 0 Å². The Balaban J connectivity index is 0.00000193. The van der Waals surface area contributed by atoms with Gasteiger partial charge in [0, 0.05) is 26.2 Å². The number of rotatable bonds is 6. The second-order valence-corrected chi connectivity index (χ2v) is 8.68. The maximum atomic E-state index is 12.9. The summed E-state index contributed by atoms with van der Waals surface area (Å²) in [6.45, 7) is 8.25. The van der Waals surface area contributed by atoms with Crippen LogP contribution in [0.2, 0.25) is 0 Å². The lowest BCUT2D eigenvalue weighted by molar-refractivity contribution is -0.137. The Morgan fingerprint density at radius 2 is 1.36 bits per heavy atom. The van der Waals surface area contributed by atoms with E-state index in [-0.39, 0.29) is 24.8 Å². The van der Waals surface area contributed by atoms with Crippen LogP contribution in [0.1, 0.15) is 24.0 Å². The molecule has 0 amide bonds. The predicted octanol–water partition coefficient (Wildman–Crippen LogP) is 5.80. The molecule has 33 heavy (non-hydrogen) atoms. The second kappa shape index (κ2) is 13.0. The van der Waals surface area contributed by atoms with Crippen molar-refractivity contribution < 1.29 is 17.9 Å². The molecule has 0 aromatic heterocycles. The van der Waals surface area contributed by atoms with Crippen LogP contribution in [0.5, 0.6) is 0 Å². The summed E-state index contributed by atoms with van der Waals surface area (Å²) in [6, 6.07) is 13.7. The molecule has 2 aromatic rings. The molecule has 184 valence electrons. The van der Waals surface area contributed by atoms with Gasteiger partial charge in [0.1, 0.15) is 0 Å². The van der Waals surface area contributed by atoms with E-state index in [1.165, 1.54) is 30.5 Å². The third-order valence-corrected chi connectivity index (χ3v) is 6.59. The first-order valence-electron chi connectivity index (χ1n) is 11.3. The summed E-state index contributed by atoms with van der Waals surface area (Å²) < 4.78 is 44.1. The zero-order chi connectivity index (χ0) is 21.7. The van der Waals surface area contributed by atoms with Crippen LogP contribution in [0.3, 0.4) is 0 Å². The summed E-state index contributed by atoms with van der Waals surface area (Å²) in [5, 5.41) is 0. The van der Waals surface area contributed by atoms with Gasteiger partial charge in [-0.2, -0.15) is 13.2 Å². The predicted molar refractivity (Wildman–Crippen MR) is 132 cm³/mol. The summed E-state index contributed by atoms with van der Waals surface area (Å²) >= 11 is 0. The molecule has 0 unspecified atom stereocenters. The van der Waals surface area contributed by atoms with Gasteiger partial charge in [-0.1, -0.05) is 36.4 Å². The highest BCUT2D eigenvalue weighted by molar-refractivity contribution is 5.85. The van der Waals surface area contributed by atoms with Crippen molar-refractivity contribution in [2.45, 2.75) is 25.4 Å². The van der Waals surface area contributed by atoms with Crippen LogP contribution in [-0.4, -0.2) is 62.3 Å². The van der Waals surface area contributed by atoms with Gasteiger partial charge < -0.3 is 9.64 Å². The van der Waals surface area contributed by atoms with E-state index in [0.717, 1.165) is 70.0 Å². The maximum absolute atomic E-state index is 12.9. The fourth-order valence-electron chi connectivity index (χ4n) is 4.65. The topological polar surface area (TPSA) is 15.7 Å². The molecule has 0 N–H and O–H groups in total. The number of benzene rings is 2. The van der Waals surface area contributed by atoms with Crippen molar-refractivity contribution in [1.29, 1.82) is 0 Å². The zero-order valence-corrected chi connectivity index (χ0v) is 20.4. The second-order valence-electron chi connectivity index (χ2n) is 8.68. The fourth-order valence-corrected chi connectivity index (χ4v) is 4.65. The minimum absolute atomic E-state index is 0. The molecule has 0 bridgehead atoms. The van der Waals surface area contributed by atoms with Gasteiger partial charge >= 0.3 is 6.18 Å². The molecule has 2 aliphatic rings. The van der Waals surface area contributed by atoms with Gasteiger partial charge in [-0.25, -0.2) is 0 Å². The van der Waals surface area contributed by atoms with Crippen molar-refractivity contribution in [2.24, 2.45) is 5.92 Å². The van der Waals surface area contributed by atoms with E-state index in [9.17, 15) is 13.2 Å². The number of nitrogens with zero attached hydrogens (tertiary/aromatic N) is 2. The number of hydrogen-bond acceptors (Lipinski definition) is 3. The first kappa shape index (κ1) is 27.9. The number of hydrogen-bond donors (Lipinski definition) is 0. The molecule has 3 nitrogen and oxygen atoms in total. The fraction of sp³-hybridized carbons (Fsp3) is 0.520. The molecule has 2 aromatic carbocycles. The molecule has 8 heteroatoms. The van der Waals surface area contributed by atoms with E-state index in [1.807, 2.05) is 18.2 Å². The number of piperidine rings is 1. The molecule has 0 atom stereocenters. The Morgan fingerprint density at radius 3 is 1.97 bits per heavy atom. The van der Waals surface area contributed by atoms with Crippen molar-refractivity contribution in [3.63, 3.8) is 0 Å². The van der Waals surface area contributed by atoms with Crippen molar-refractivity contribution in [2.75, 3.05) is 52.5 Å². The van der Waals surface area contributed by atoms with Crippen LogP contribution < -0.4 is 0 Å². The molecule has 2 saturated heterocycles. The quantitative estimate of drug-likeness (QED) is 0.494. The molecular weight excluding hydrogens is 472 g/mol. The number of likely N-dealkylation sites (tertiary alicyclic amines) is 1. The molecule has 0 radical (unpaired) electrons. The van der Waals surface area contributed by atoms with E-state index in [4.69, 9.17) is 4.74 Å². The number of alkyl halides is 3. The lowest BCUT2D eigenvalue weighted by Gasteiger charge is -2.34. The Labute approximate surface area is 207 Å². The highest BCUT2D eigenvalue weighted by Crippen LogP contribution is 2.33. The van der Waals surface area contributed by atoms with Gasteiger partial charge in [0.05, 0.1) is 18.8 Å². The SMILES string of the molecule is Cl.Cl.FC(F)(F)c1ccc(-c2ccccc2CC2CCN(CCN3CCOCC3)CC2)cc1. The van der Waals surface area contributed by atoms with Gasteiger partial charge in [-0.15, -0.1) is 24.8 Å². The molecule has 4 rings (SSSR count). The largest absolute Gasteiger partial charge is 0.416 e. The van der Waals surface area contributed by atoms with Crippen LogP contribution in [-0.2, 0) is 17.3 Å². The normalized spacial score (nSPS) is 18.4. The minimum atomic E-state index is -4.30. The van der Waals surface area contributed by atoms with Crippen LogP contribution in [0, 0.1) is 5.92 Å². The summed E-state index contributed by atoms with van der Waals surface area (Å²) in [4.78, 5) is 5.05. The lowest BCUT2D eigenvalue weighted by atomic mass is 9.87. The van der Waals surface area contributed by atoms with Crippen molar-refractivity contribution >= 4 is 24.8 Å². The molecule has 2 heterocycles. The standard InChI is InChI=1S/C25H31F3N2O.2ClH/c26-25(27,28)23-7-5-21(6-8-23)24-4-2-1-3-22(24)19-20-9-11-29(12-10-20)13-14-30-15-17-31-18-16-30;;/h1-8,20H,9-19H2;2*1H. The maximum Gasteiger partial charge on any atom is 0.416 e. The lowest BCUT2D eigenvalue weighted by Crippen LogP contribution is -2.43. The molecule has 2 aliphatic heterocycles.